The molecule has 2 unspecified atom stereocenters. The third-order valence-corrected chi connectivity index (χ3v) is 4.76. The minimum atomic E-state index is -3.09. The van der Waals surface area contributed by atoms with Crippen molar-refractivity contribution in [3.05, 3.63) is 0 Å². The van der Waals surface area contributed by atoms with E-state index in [0.29, 0.717) is 0 Å². The van der Waals surface area contributed by atoms with E-state index in [1.807, 2.05) is 6.92 Å². The number of ether oxygens (including phenoxy) is 1. The molecule has 94 valence electrons. The van der Waals surface area contributed by atoms with Gasteiger partial charge in [-0.2, -0.15) is 0 Å². The van der Waals surface area contributed by atoms with Gasteiger partial charge < -0.3 is 4.74 Å². The Morgan fingerprint density at radius 3 is 2.50 bits per heavy atom. The van der Waals surface area contributed by atoms with Gasteiger partial charge in [0.1, 0.15) is 0 Å². The molecule has 0 aromatic heterocycles. The van der Waals surface area contributed by atoms with Crippen LogP contribution in [0.15, 0.2) is 0 Å². The molecule has 2 atom stereocenters. The summed E-state index contributed by atoms with van der Waals surface area (Å²) in [5, 5.41) is 0. The van der Waals surface area contributed by atoms with Crippen molar-refractivity contribution in [3.63, 3.8) is 0 Å². The Morgan fingerprint density at radius 1 is 1.38 bits per heavy atom. The molecular formula is C11H21NO3S. The second kappa shape index (κ2) is 4.27. The first kappa shape index (κ1) is 12.3. The fourth-order valence-electron chi connectivity index (χ4n) is 3.31. The molecule has 2 aliphatic rings. The van der Waals surface area contributed by atoms with Crippen LogP contribution >= 0.6 is 0 Å². The lowest BCUT2D eigenvalue weighted by Gasteiger charge is -2.53. The molecule has 0 heterocycles. The van der Waals surface area contributed by atoms with E-state index >= 15 is 0 Å². The van der Waals surface area contributed by atoms with Crippen LogP contribution < -0.4 is 4.72 Å². The first-order valence-corrected chi connectivity index (χ1v) is 7.96. The Morgan fingerprint density at radius 2 is 2.00 bits per heavy atom. The van der Waals surface area contributed by atoms with Crippen molar-refractivity contribution in [1.29, 1.82) is 0 Å². The zero-order valence-corrected chi connectivity index (χ0v) is 10.8. The molecule has 1 spiro atoms. The van der Waals surface area contributed by atoms with Crippen LogP contribution in [0.1, 0.15) is 39.0 Å². The molecule has 2 fully saturated rings. The summed E-state index contributed by atoms with van der Waals surface area (Å²) in [4.78, 5) is 0. The van der Waals surface area contributed by atoms with Crippen molar-refractivity contribution < 1.29 is 13.2 Å². The second-order valence-electron chi connectivity index (χ2n) is 5.06. The van der Waals surface area contributed by atoms with Gasteiger partial charge in [0.2, 0.25) is 10.0 Å². The lowest BCUT2D eigenvalue weighted by Crippen LogP contribution is -2.63. The van der Waals surface area contributed by atoms with Crippen molar-refractivity contribution in [2.24, 2.45) is 5.41 Å². The number of rotatable bonds is 4. The van der Waals surface area contributed by atoms with Crippen molar-refractivity contribution >= 4 is 10.0 Å². The first-order chi connectivity index (χ1) is 7.48. The van der Waals surface area contributed by atoms with Crippen LogP contribution in [-0.4, -0.2) is 33.4 Å². The highest BCUT2D eigenvalue weighted by Crippen LogP contribution is 2.54. The average molecular weight is 247 g/mol. The molecule has 0 amide bonds. The third kappa shape index (κ3) is 2.13. The average Bonchev–Trinajstić information content (AvgIpc) is 2.65. The van der Waals surface area contributed by atoms with E-state index in [1.54, 1.807) is 0 Å². The van der Waals surface area contributed by atoms with Crippen LogP contribution in [0.2, 0.25) is 0 Å². The van der Waals surface area contributed by atoms with E-state index in [2.05, 4.69) is 4.72 Å². The van der Waals surface area contributed by atoms with E-state index in [9.17, 15) is 8.42 Å². The van der Waals surface area contributed by atoms with Crippen molar-refractivity contribution in [1.82, 2.24) is 4.72 Å². The van der Waals surface area contributed by atoms with Crippen LogP contribution in [0.3, 0.4) is 0 Å². The summed E-state index contributed by atoms with van der Waals surface area (Å²) < 4.78 is 31.1. The van der Waals surface area contributed by atoms with Crippen molar-refractivity contribution in [2.75, 3.05) is 12.9 Å². The minimum absolute atomic E-state index is 0.0963. The molecule has 0 aromatic rings. The maximum atomic E-state index is 11.3. The van der Waals surface area contributed by atoms with Crippen LogP contribution in [0.4, 0.5) is 0 Å². The zero-order valence-electron chi connectivity index (χ0n) is 10.0. The fraction of sp³-hybridized carbons (Fsp3) is 1.00. The SMILES string of the molecule is CCOC1CC(NS(C)(=O)=O)C12CCCC2. The van der Waals surface area contributed by atoms with E-state index in [-0.39, 0.29) is 17.6 Å². The normalized spacial score (nSPS) is 32.9. The largest absolute Gasteiger partial charge is 0.378 e. The summed E-state index contributed by atoms with van der Waals surface area (Å²) >= 11 is 0. The monoisotopic (exact) mass is 247 g/mol. The Balaban J connectivity index is 2.06. The molecule has 1 N–H and O–H groups in total. The predicted molar refractivity (Wildman–Crippen MR) is 62.7 cm³/mol. The summed E-state index contributed by atoms with van der Waals surface area (Å²) in [6.07, 6.45) is 6.94. The highest BCUT2D eigenvalue weighted by atomic mass is 32.2. The van der Waals surface area contributed by atoms with Gasteiger partial charge in [0.15, 0.2) is 0 Å². The summed E-state index contributed by atoms with van der Waals surface area (Å²) in [7, 11) is -3.09. The van der Waals surface area contributed by atoms with Gasteiger partial charge in [-0.3, -0.25) is 0 Å². The maximum absolute atomic E-state index is 11.3. The lowest BCUT2D eigenvalue weighted by molar-refractivity contribution is -0.124. The molecule has 0 saturated heterocycles. The van der Waals surface area contributed by atoms with Gasteiger partial charge in [0, 0.05) is 18.1 Å². The van der Waals surface area contributed by atoms with Gasteiger partial charge in [0.05, 0.1) is 12.4 Å². The lowest BCUT2D eigenvalue weighted by atomic mass is 9.61. The molecule has 2 rings (SSSR count). The standard InChI is InChI=1S/C11H21NO3S/c1-3-15-10-8-9(12-16(2,13)14)11(10)6-4-5-7-11/h9-10,12H,3-8H2,1-2H3. The summed E-state index contributed by atoms with van der Waals surface area (Å²) in [6.45, 7) is 2.72. The van der Waals surface area contributed by atoms with E-state index in [4.69, 9.17) is 4.74 Å². The molecule has 2 saturated carbocycles. The highest BCUT2D eigenvalue weighted by molar-refractivity contribution is 7.88. The number of sulfonamides is 1. The van der Waals surface area contributed by atoms with Gasteiger partial charge in [-0.1, -0.05) is 12.8 Å². The Bertz CT molecular complexity index is 346. The molecule has 4 nitrogen and oxygen atoms in total. The molecule has 2 aliphatic carbocycles. The van der Waals surface area contributed by atoms with E-state index in [0.717, 1.165) is 25.9 Å². The Hall–Kier alpha value is -0.130. The van der Waals surface area contributed by atoms with Crippen LogP contribution in [0, 0.1) is 5.41 Å². The van der Waals surface area contributed by atoms with Crippen molar-refractivity contribution in [3.8, 4) is 0 Å². The fourth-order valence-corrected chi connectivity index (χ4v) is 4.16. The van der Waals surface area contributed by atoms with Gasteiger partial charge in [0.25, 0.3) is 0 Å². The molecular weight excluding hydrogens is 226 g/mol. The summed E-state index contributed by atoms with van der Waals surface area (Å²) in [6, 6.07) is 0.0987. The van der Waals surface area contributed by atoms with E-state index in [1.165, 1.54) is 19.1 Å². The predicted octanol–water partition coefficient (Wildman–Crippen LogP) is 1.27. The Kier molecular flexibility index (Phi) is 3.29. The third-order valence-electron chi connectivity index (χ3n) is 4.04. The smallest absolute Gasteiger partial charge is 0.208 e. The minimum Gasteiger partial charge on any atom is -0.378 e. The van der Waals surface area contributed by atoms with Crippen LogP contribution in [0.25, 0.3) is 0 Å². The quantitative estimate of drug-likeness (QED) is 0.814. The molecule has 0 bridgehead atoms. The van der Waals surface area contributed by atoms with Gasteiger partial charge in [-0.25, -0.2) is 13.1 Å². The maximum Gasteiger partial charge on any atom is 0.208 e. The van der Waals surface area contributed by atoms with Gasteiger partial charge in [-0.15, -0.1) is 0 Å². The van der Waals surface area contributed by atoms with Crippen molar-refractivity contribution in [2.45, 2.75) is 51.2 Å². The molecule has 0 aromatic carbocycles. The molecule has 16 heavy (non-hydrogen) atoms. The van der Waals surface area contributed by atoms with E-state index < -0.39 is 10.0 Å². The number of hydrogen-bond donors (Lipinski definition) is 1. The number of hydrogen-bond acceptors (Lipinski definition) is 3. The molecule has 0 radical (unpaired) electrons. The second-order valence-corrected chi connectivity index (χ2v) is 6.84. The topological polar surface area (TPSA) is 55.4 Å². The van der Waals surface area contributed by atoms with Gasteiger partial charge in [-0.05, 0) is 26.2 Å². The molecule has 0 aliphatic heterocycles. The van der Waals surface area contributed by atoms with Crippen LogP contribution in [-0.2, 0) is 14.8 Å². The highest BCUT2D eigenvalue weighted by Gasteiger charge is 2.57. The Labute approximate surface area is 97.8 Å². The summed E-state index contributed by atoms with van der Waals surface area (Å²) in [5.41, 5.74) is 0.0963. The first-order valence-electron chi connectivity index (χ1n) is 6.07. The zero-order chi connectivity index (χ0) is 11.8. The summed E-state index contributed by atoms with van der Waals surface area (Å²) in [5.74, 6) is 0. The number of nitrogens with one attached hydrogen (secondary N) is 1. The van der Waals surface area contributed by atoms with Gasteiger partial charge >= 0.3 is 0 Å². The molecule has 5 heteroatoms. The van der Waals surface area contributed by atoms with Crippen LogP contribution in [0.5, 0.6) is 0 Å².